The van der Waals surface area contributed by atoms with Gasteiger partial charge in [-0.3, -0.25) is 0 Å². The molecule has 0 aromatic carbocycles. The number of likely N-dealkylation sites (N-methyl/N-ethyl adjacent to an activating group) is 1. The molecule has 2 nitrogen and oxygen atoms in total. The molecule has 1 atom stereocenters. The molecule has 0 aromatic rings. The molecule has 2 heteroatoms. The van der Waals surface area contributed by atoms with Crippen molar-refractivity contribution in [1.82, 2.24) is 10.2 Å². The number of nitrogens with one attached hydrogen (secondary N) is 1. The summed E-state index contributed by atoms with van der Waals surface area (Å²) in [5, 5.41) is 3.68. The highest BCUT2D eigenvalue weighted by Gasteiger charge is 2.31. The Labute approximate surface area is 96.4 Å². The Kier molecular flexibility index (Phi) is 6.46. The van der Waals surface area contributed by atoms with Crippen molar-refractivity contribution in [2.24, 2.45) is 5.92 Å². The van der Waals surface area contributed by atoms with Crippen LogP contribution in [0, 0.1) is 5.92 Å². The van der Waals surface area contributed by atoms with Gasteiger partial charge in [-0.15, -0.1) is 0 Å². The van der Waals surface area contributed by atoms with E-state index in [1.165, 1.54) is 12.8 Å². The Morgan fingerprint density at radius 3 is 2.07 bits per heavy atom. The zero-order valence-electron chi connectivity index (χ0n) is 11.7. The maximum absolute atomic E-state index is 3.68. The van der Waals surface area contributed by atoms with Crippen LogP contribution < -0.4 is 5.32 Å². The fraction of sp³-hybridized carbons (Fsp3) is 1.00. The van der Waals surface area contributed by atoms with Gasteiger partial charge in [-0.25, -0.2) is 0 Å². The van der Waals surface area contributed by atoms with Gasteiger partial charge in [0.2, 0.25) is 0 Å². The fourth-order valence-corrected chi connectivity index (χ4v) is 1.72. The first-order chi connectivity index (χ1) is 6.82. The van der Waals surface area contributed by atoms with Crippen molar-refractivity contribution < 1.29 is 0 Å². The van der Waals surface area contributed by atoms with E-state index >= 15 is 0 Å². The third-order valence-corrected chi connectivity index (χ3v) is 3.35. The van der Waals surface area contributed by atoms with Crippen molar-refractivity contribution in [3.63, 3.8) is 0 Å². The Morgan fingerprint density at radius 1 is 1.20 bits per heavy atom. The van der Waals surface area contributed by atoms with Crippen molar-refractivity contribution in [2.45, 2.75) is 59.0 Å². The smallest absolute Gasteiger partial charge is 0.0300 e. The van der Waals surface area contributed by atoms with Crippen LogP contribution in [0.25, 0.3) is 0 Å². The van der Waals surface area contributed by atoms with Crippen molar-refractivity contribution in [3.8, 4) is 0 Å². The van der Waals surface area contributed by atoms with E-state index < -0.39 is 0 Å². The monoisotopic (exact) mass is 214 g/mol. The topological polar surface area (TPSA) is 15.3 Å². The molecule has 0 rings (SSSR count). The molecule has 0 saturated carbocycles. The lowest BCUT2D eigenvalue weighted by molar-refractivity contribution is 0.124. The van der Waals surface area contributed by atoms with Gasteiger partial charge in [0.05, 0.1) is 0 Å². The number of rotatable bonds is 7. The Hall–Kier alpha value is -0.0800. The molecule has 15 heavy (non-hydrogen) atoms. The highest BCUT2D eigenvalue weighted by molar-refractivity contribution is 4.91. The van der Waals surface area contributed by atoms with E-state index in [0.29, 0.717) is 6.04 Å². The van der Waals surface area contributed by atoms with Gasteiger partial charge in [-0.2, -0.15) is 0 Å². The number of hydrogen-bond acceptors (Lipinski definition) is 2. The van der Waals surface area contributed by atoms with Gasteiger partial charge in [-0.05, 0) is 53.2 Å². The minimum absolute atomic E-state index is 0.222. The molecule has 0 spiro atoms. The summed E-state index contributed by atoms with van der Waals surface area (Å²) in [4.78, 5) is 2.32. The summed E-state index contributed by atoms with van der Waals surface area (Å²) in [5.41, 5.74) is 0.222. The van der Waals surface area contributed by atoms with Crippen LogP contribution in [0.15, 0.2) is 0 Å². The molecular weight excluding hydrogens is 184 g/mol. The SMILES string of the molecule is CCCNC(CC(C)C)C(C)(C)N(C)C. The molecular formula is C13H30N2. The van der Waals surface area contributed by atoms with Gasteiger partial charge in [-0.1, -0.05) is 20.8 Å². The first kappa shape index (κ1) is 14.9. The van der Waals surface area contributed by atoms with Crippen LogP contribution in [0.4, 0.5) is 0 Å². The molecule has 0 aliphatic heterocycles. The molecule has 0 amide bonds. The van der Waals surface area contributed by atoms with Gasteiger partial charge in [0.1, 0.15) is 0 Å². The van der Waals surface area contributed by atoms with Gasteiger partial charge in [0.15, 0.2) is 0 Å². The summed E-state index contributed by atoms with van der Waals surface area (Å²) < 4.78 is 0. The van der Waals surface area contributed by atoms with Crippen molar-refractivity contribution in [1.29, 1.82) is 0 Å². The minimum Gasteiger partial charge on any atom is -0.312 e. The van der Waals surface area contributed by atoms with Crippen LogP contribution in [0.2, 0.25) is 0 Å². The summed E-state index contributed by atoms with van der Waals surface area (Å²) in [5.74, 6) is 0.749. The average Bonchev–Trinajstić information content (AvgIpc) is 2.11. The van der Waals surface area contributed by atoms with Crippen LogP contribution in [0.3, 0.4) is 0 Å². The number of nitrogens with zero attached hydrogens (tertiary/aromatic N) is 1. The first-order valence-corrected chi connectivity index (χ1v) is 6.23. The van der Waals surface area contributed by atoms with Crippen LogP contribution in [0.5, 0.6) is 0 Å². The largest absolute Gasteiger partial charge is 0.312 e. The fourth-order valence-electron chi connectivity index (χ4n) is 1.72. The molecule has 1 N–H and O–H groups in total. The molecule has 0 fully saturated rings. The molecule has 92 valence electrons. The first-order valence-electron chi connectivity index (χ1n) is 6.23. The molecule has 0 saturated heterocycles. The normalized spacial score (nSPS) is 15.0. The van der Waals surface area contributed by atoms with Crippen LogP contribution in [-0.2, 0) is 0 Å². The van der Waals surface area contributed by atoms with E-state index in [9.17, 15) is 0 Å². The predicted molar refractivity (Wildman–Crippen MR) is 69.3 cm³/mol. The van der Waals surface area contributed by atoms with Gasteiger partial charge in [0, 0.05) is 11.6 Å². The minimum atomic E-state index is 0.222. The summed E-state index contributed by atoms with van der Waals surface area (Å²) in [6, 6.07) is 0.576. The molecule has 0 aromatic heterocycles. The van der Waals surface area contributed by atoms with Gasteiger partial charge in [0.25, 0.3) is 0 Å². The summed E-state index contributed by atoms with van der Waals surface area (Å²) in [6.45, 7) is 12.6. The quantitative estimate of drug-likeness (QED) is 0.701. The second kappa shape index (κ2) is 6.49. The molecule has 0 heterocycles. The average molecular weight is 214 g/mol. The Balaban J connectivity index is 4.45. The lowest BCUT2D eigenvalue weighted by Gasteiger charge is -2.41. The Bertz CT molecular complexity index is 162. The van der Waals surface area contributed by atoms with Crippen LogP contribution >= 0.6 is 0 Å². The maximum atomic E-state index is 3.68. The molecule has 0 bridgehead atoms. The van der Waals surface area contributed by atoms with Crippen molar-refractivity contribution in [2.75, 3.05) is 20.6 Å². The van der Waals surface area contributed by atoms with E-state index in [0.717, 1.165) is 12.5 Å². The second-order valence-electron chi connectivity index (χ2n) is 5.68. The van der Waals surface area contributed by atoms with E-state index in [4.69, 9.17) is 0 Å². The summed E-state index contributed by atoms with van der Waals surface area (Å²) in [7, 11) is 4.34. The zero-order valence-corrected chi connectivity index (χ0v) is 11.7. The predicted octanol–water partition coefficient (Wildman–Crippen LogP) is 2.74. The number of hydrogen-bond donors (Lipinski definition) is 1. The van der Waals surface area contributed by atoms with Crippen LogP contribution in [0.1, 0.15) is 47.5 Å². The highest BCUT2D eigenvalue weighted by Crippen LogP contribution is 2.21. The molecule has 0 aliphatic rings. The van der Waals surface area contributed by atoms with Crippen LogP contribution in [-0.4, -0.2) is 37.1 Å². The summed E-state index contributed by atoms with van der Waals surface area (Å²) in [6.07, 6.45) is 2.45. The van der Waals surface area contributed by atoms with Gasteiger partial charge < -0.3 is 10.2 Å². The lowest BCUT2D eigenvalue weighted by atomic mass is 9.87. The van der Waals surface area contributed by atoms with E-state index in [1.54, 1.807) is 0 Å². The molecule has 0 aliphatic carbocycles. The highest BCUT2D eigenvalue weighted by atomic mass is 15.2. The second-order valence-corrected chi connectivity index (χ2v) is 5.68. The molecule has 1 unspecified atom stereocenters. The van der Waals surface area contributed by atoms with E-state index in [-0.39, 0.29) is 5.54 Å². The third-order valence-electron chi connectivity index (χ3n) is 3.35. The van der Waals surface area contributed by atoms with Gasteiger partial charge >= 0.3 is 0 Å². The van der Waals surface area contributed by atoms with E-state index in [2.05, 4.69) is 58.9 Å². The lowest BCUT2D eigenvalue weighted by Crippen LogP contribution is -2.55. The van der Waals surface area contributed by atoms with Crippen molar-refractivity contribution in [3.05, 3.63) is 0 Å². The third kappa shape index (κ3) is 4.98. The molecule has 0 radical (unpaired) electrons. The zero-order chi connectivity index (χ0) is 12.1. The van der Waals surface area contributed by atoms with E-state index in [1.807, 2.05) is 0 Å². The standard InChI is InChI=1S/C13H30N2/c1-8-9-14-12(10-11(2)3)13(4,5)15(6)7/h11-12,14H,8-10H2,1-7H3. The maximum Gasteiger partial charge on any atom is 0.0300 e. The summed E-state index contributed by atoms with van der Waals surface area (Å²) >= 11 is 0. The Morgan fingerprint density at radius 2 is 1.73 bits per heavy atom. The van der Waals surface area contributed by atoms with Crippen molar-refractivity contribution >= 4 is 0 Å².